The van der Waals surface area contributed by atoms with Crippen molar-refractivity contribution < 1.29 is 9.47 Å². The number of hydrogen-bond acceptors (Lipinski definition) is 3. The fourth-order valence-electron chi connectivity index (χ4n) is 3.45. The molecular formula is C20H31N3O2. The van der Waals surface area contributed by atoms with Gasteiger partial charge in [0, 0.05) is 32.8 Å². The lowest BCUT2D eigenvalue weighted by molar-refractivity contribution is -0.0390. The van der Waals surface area contributed by atoms with Gasteiger partial charge in [0.25, 0.3) is 0 Å². The van der Waals surface area contributed by atoms with E-state index in [9.17, 15) is 0 Å². The number of guanidine groups is 1. The molecule has 1 heterocycles. The summed E-state index contributed by atoms with van der Waals surface area (Å²) in [5.74, 6) is 0.902. The van der Waals surface area contributed by atoms with Crippen LogP contribution in [0.25, 0.3) is 0 Å². The van der Waals surface area contributed by atoms with Gasteiger partial charge in [0.15, 0.2) is 5.96 Å². The summed E-state index contributed by atoms with van der Waals surface area (Å²) in [6.45, 7) is 3.12. The van der Waals surface area contributed by atoms with Crippen molar-refractivity contribution in [2.24, 2.45) is 4.99 Å². The normalized spacial score (nSPS) is 20.0. The maximum atomic E-state index is 5.97. The van der Waals surface area contributed by atoms with E-state index in [0.29, 0.717) is 18.8 Å². The zero-order valence-electron chi connectivity index (χ0n) is 15.3. The van der Waals surface area contributed by atoms with E-state index in [4.69, 9.17) is 9.47 Å². The van der Waals surface area contributed by atoms with Crippen LogP contribution in [0, 0.1) is 0 Å². The standard InChI is InChI=1S/C20H31N3O2/c1-21-20(23-18-4-2-3-5-18)22-14-16-6-8-17(9-7-16)15-25-19-10-12-24-13-11-19/h6-9,18-19H,2-5,10-15H2,1H3,(H2,21,22,23). The molecule has 0 amide bonds. The van der Waals surface area contributed by atoms with Crippen LogP contribution in [-0.4, -0.2) is 38.4 Å². The maximum absolute atomic E-state index is 5.97. The number of nitrogens with one attached hydrogen (secondary N) is 2. The minimum Gasteiger partial charge on any atom is -0.381 e. The van der Waals surface area contributed by atoms with Gasteiger partial charge in [-0.15, -0.1) is 0 Å². The van der Waals surface area contributed by atoms with Crippen LogP contribution in [0.2, 0.25) is 0 Å². The van der Waals surface area contributed by atoms with Gasteiger partial charge in [-0.25, -0.2) is 0 Å². The molecule has 0 aromatic heterocycles. The number of ether oxygens (including phenoxy) is 2. The molecule has 5 nitrogen and oxygen atoms in total. The zero-order valence-corrected chi connectivity index (χ0v) is 15.3. The molecule has 2 N–H and O–H groups in total. The van der Waals surface area contributed by atoms with Crippen molar-refractivity contribution in [2.45, 2.75) is 63.8 Å². The van der Waals surface area contributed by atoms with Crippen LogP contribution in [0.5, 0.6) is 0 Å². The van der Waals surface area contributed by atoms with Gasteiger partial charge in [0.2, 0.25) is 0 Å². The molecule has 3 rings (SSSR count). The number of benzene rings is 1. The molecule has 1 aliphatic heterocycles. The fraction of sp³-hybridized carbons (Fsp3) is 0.650. The first-order valence-electron chi connectivity index (χ1n) is 9.58. The monoisotopic (exact) mass is 345 g/mol. The van der Waals surface area contributed by atoms with E-state index in [1.807, 2.05) is 7.05 Å². The third-order valence-corrected chi connectivity index (χ3v) is 5.06. The van der Waals surface area contributed by atoms with Gasteiger partial charge in [0.1, 0.15) is 0 Å². The number of aliphatic imine (C=N–C) groups is 1. The summed E-state index contributed by atoms with van der Waals surface area (Å²) in [6.07, 6.45) is 7.52. The number of nitrogens with zero attached hydrogens (tertiary/aromatic N) is 1. The van der Waals surface area contributed by atoms with Crippen molar-refractivity contribution >= 4 is 5.96 Å². The van der Waals surface area contributed by atoms with Gasteiger partial charge < -0.3 is 20.1 Å². The first-order chi connectivity index (χ1) is 12.3. The average molecular weight is 345 g/mol. The van der Waals surface area contributed by atoms with Gasteiger partial charge in [-0.1, -0.05) is 37.1 Å². The van der Waals surface area contributed by atoms with E-state index in [-0.39, 0.29) is 0 Å². The van der Waals surface area contributed by atoms with Gasteiger partial charge in [-0.2, -0.15) is 0 Å². The van der Waals surface area contributed by atoms with E-state index >= 15 is 0 Å². The molecule has 0 atom stereocenters. The van der Waals surface area contributed by atoms with E-state index < -0.39 is 0 Å². The lowest BCUT2D eigenvalue weighted by atomic mass is 10.1. The summed E-state index contributed by atoms with van der Waals surface area (Å²) in [4.78, 5) is 4.33. The predicted molar refractivity (Wildman–Crippen MR) is 101 cm³/mol. The summed E-state index contributed by atoms with van der Waals surface area (Å²) < 4.78 is 11.3. The minimum atomic E-state index is 0.347. The molecule has 2 fully saturated rings. The van der Waals surface area contributed by atoms with E-state index in [1.165, 1.54) is 36.8 Å². The number of hydrogen-bond donors (Lipinski definition) is 2. The fourth-order valence-corrected chi connectivity index (χ4v) is 3.45. The first kappa shape index (κ1) is 18.2. The van der Waals surface area contributed by atoms with E-state index in [1.54, 1.807) is 0 Å². The third-order valence-electron chi connectivity index (χ3n) is 5.06. The highest BCUT2D eigenvalue weighted by Gasteiger charge is 2.16. The van der Waals surface area contributed by atoms with Crippen LogP contribution in [0.15, 0.2) is 29.3 Å². The Balaban J connectivity index is 1.40. The highest BCUT2D eigenvalue weighted by Crippen LogP contribution is 2.17. The molecule has 138 valence electrons. The topological polar surface area (TPSA) is 54.9 Å². The lowest BCUT2D eigenvalue weighted by Crippen LogP contribution is -2.41. The van der Waals surface area contributed by atoms with Gasteiger partial charge in [-0.3, -0.25) is 4.99 Å². The molecule has 1 saturated carbocycles. The highest BCUT2D eigenvalue weighted by atomic mass is 16.5. The lowest BCUT2D eigenvalue weighted by Gasteiger charge is -2.22. The van der Waals surface area contributed by atoms with Crippen molar-refractivity contribution in [3.05, 3.63) is 35.4 Å². The van der Waals surface area contributed by atoms with Gasteiger partial charge in [0.05, 0.1) is 12.7 Å². The van der Waals surface area contributed by atoms with Crippen LogP contribution in [0.3, 0.4) is 0 Å². The Morgan fingerprint density at radius 2 is 1.76 bits per heavy atom. The van der Waals surface area contributed by atoms with Crippen molar-refractivity contribution in [1.82, 2.24) is 10.6 Å². The molecule has 1 aliphatic carbocycles. The Kier molecular flexibility index (Phi) is 7.12. The van der Waals surface area contributed by atoms with Crippen molar-refractivity contribution in [3.8, 4) is 0 Å². The van der Waals surface area contributed by atoms with Crippen molar-refractivity contribution in [3.63, 3.8) is 0 Å². The highest BCUT2D eigenvalue weighted by molar-refractivity contribution is 5.79. The summed E-state index contributed by atoms with van der Waals surface area (Å²) in [5, 5.41) is 6.92. The molecule has 0 unspecified atom stereocenters. The maximum Gasteiger partial charge on any atom is 0.191 e. The summed E-state index contributed by atoms with van der Waals surface area (Å²) in [7, 11) is 1.83. The van der Waals surface area contributed by atoms with Crippen LogP contribution in [0.1, 0.15) is 49.7 Å². The Bertz CT molecular complexity index is 532. The molecule has 0 bridgehead atoms. The van der Waals surface area contributed by atoms with Crippen LogP contribution in [0.4, 0.5) is 0 Å². The van der Waals surface area contributed by atoms with Gasteiger partial charge >= 0.3 is 0 Å². The Hall–Kier alpha value is -1.59. The smallest absolute Gasteiger partial charge is 0.191 e. The summed E-state index contributed by atoms with van der Waals surface area (Å²) >= 11 is 0. The molecular weight excluding hydrogens is 314 g/mol. The molecule has 1 saturated heterocycles. The number of rotatable bonds is 6. The van der Waals surface area contributed by atoms with Gasteiger partial charge in [-0.05, 0) is 36.8 Å². The SMILES string of the molecule is CN=C(NCc1ccc(COC2CCOCC2)cc1)NC1CCCC1. The Labute approximate surface area is 151 Å². The quantitative estimate of drug-likeness (QED) is 0.615. The predicted octanol–water partition coefficient (Wildman–Crippen LogP) is 2.99. The molecule has 5 heteroatoms. The Morgan fingerprint density at radius 3 is 2.44 bits per heavy atom. The third kappa shape index (κ3) is 6.01. The molecule has 25 heavy (non-hydrogen) atoms. The van der Waals surface area contributed by atoms with Crippen LogP contribution in [-0.2, 0) is 22.6 Å². The summed E-state index contributed by atoms with van der Waals surface area (Å²) in [6, 6.07) is 9.22. The first-order valence-corrected chi connectivity index (χ1v) is 9.58. The second-order valence-electron chi connectivity index (χ2n) is 6.99. The van der Waals surface area contributed by atoms with Crippen molar-refractivity contribution in [1.29, 1.82) is 0 Å². The zero-order chi connectivity index (χ0) is 17.3. The largest absolute Gasteiger partial charge is 0.381 e. The van der Waals surface area contributed by atoms with Crippen LogP contribution < -0.4 is 10.6 Å². The van der Waals surface area contributed by atoms with Crippen molar-refractivity contribution in [2.75, 3.05) is 20.3 Å². The van der Waals surface area contributed by atoms with E-state index in [0.717, 1.165) is 38.6 Å². The average Bonchev–Trinajstić information content (AvgIpc) is 3.18. The van der Waals surface area contributed by atoms with E-state index in [2.05, 4.69) is 39.9 Å². The van der Waals surface area contributed by atoms with Crippen LogP contribution >= 0.6 is 0 Å². The second-order valence-corrected chi connectivity index (χ2v) is 6.99. The summed E-state index contributed by atoms with van der Waals surface area (Å²) in [5.41, 5.74) is 2.48. The molecule has 1 aromatic carbocycles. The second kappa shape index (κ2) is 9.78. The molecule has 0 spiro atoms. The Morgan fingerprint density at radius 1 is 1.08 bits per heavy atom. The molecule has 1 aromatic rings. The molecule has 2 aliphatic rings. The molecule has 0 radical (unpaired) electrons. The minimum absolute atomic E-state index is 0.347.